The van der Waals surface area contributed by atoms with Crippen LogP contribution in [0.3, 0.4) is 0 Å². The third-order valence-corrected chi connectivity index (χ3v) is 3.89. The molecule has 148 valence electrons. The van der Waals surface area contributed by atoms with E-state index in [1.807, 2.05) is 24.3 Å². The van der Waals surface area contributed by atoms with Gasteiger partial charge in [-0.1, -0.05) is 18.1 Å². The molecule has 0 spiro atoms. The molecular formula is C19H24INO5S. The van der Waals surface area contributed by atoms with E-state index in [4.69, 9.17) is 14.2 Å². The largest absolute Gasteiger partial charge is 0.464 e. The highest BCUT2D eigenvalue weighted by Crippen LogP contribution is 2.17. The number of amides is 1. The van der Waals surface area contributed by atoms with Crippen molar-refractivity contribution in [3.63, 3.8) is 0 Å². The molecule has 0 aliphatic carbocycles. The predicted molar refractivity (Wildman–Crippen MR) is 114 cm³/mol. The van der Waals surface area contributed by atoms with Crippen molar-refractivity contribution in [1.82, 2.24) is 5.32 Å². The first-order valence-corrected chi connectivity index (χ1v) is 11.7. The van der Waals surface area contributed by atoms with Crippen LogP contribution in [0.15, 0.2) is 24.3 Å². The first-order chi connectivity index (χ1) is 12.7. The molecule has 1 aromatic carbocycles. The first kappa shape index (κ1) is 23.6. The van der Waals surface area contributed by atoms with Crippen LogP contribution in [0.25, 0.3) is 0 Å². The first-order valence-electron chi connectivity index (χ1n) is 8.36. The van der Waals surface area contributed by atoms with E-state index in [2.05, 4.69) is 37.7 Å². The van der Waals surface area contributed by atoms with E-state index in [0.29, 0.717) is 6.61 Å². The summed E-state index contributed by atoms with van der Waals surface area (Å²) in [6, 6.07) is 6.97. The predicted octanol–water partition coefficient (Wildman–Crippen LogP) is 4.22. The minimum absolute atomic E-state index is 0.104. The lowest BCUT2D eigenvalue weighted by Crippen LogP contribution is -2.37. The Morgan fingerprint density at radius 2 is 1.93 bits per heavy atom. The van der Waals surface area contributed by atoms with Gasteiger partial charge in [0.1, 0.15) is 12.2 Å². The van der Waals surface area contributed by atoms with Crippen molar-refractivity contribution in [2.75, 3.05) is 19.8 Å². The summed E-state index contributed by atoms with van der Waals surface area (Å²) in [4.78, 5) is 23.6. The van der Waals surface area contributed by atoms with Gasteiger partial charge in [-0.25, -0.2) is 9.59 Å². The second-order valence-corrected chi connectivity index (χ2v) is 8.12. The Morgan fingerprint density at radius 3 is 2.48 bits per heavy atom. The van der Waals surface area contributed by atoms with Crippen LogP contribution < -0.4 is 5.32 Å². The highest BCUT2D eigenvalue weighted by Gasteiger charge is 2.21. The van der Waals surface area contributed by atoms with E-state index in [1.54, 1.807) is 27.7 Å². The molecule has 1 N–H and O–H groups in total. The van der Waals surface area contributed by atoms with E-state index >= 15 is 0 Å². The molecule has 0 saturated carbocycles. The van der Waals surface area contributed by atoms with Crippen molar-refractivity contribution >= 4 is 42.2 Å². The summed E-state index contributed by atoms with van der Waals surface area (Å²) in [5.41, 5.74) is 1.07. The number of alkyl carbamates (subject to hydrolysis) is 1. The molecule has 0 fully saturated rings. The lowest BCUT2D eigenvalue weighted by molar-refractivity contribution is -0.148. The van der Waals surface area contributed by atoms with Crippen molar-refractivity contribution in [3.8, 4) is 11.2 Å². The zero-order chi connectivity index (χ0) is 20.3. The molecule has 1 rings (SSSR count). The van der Waals surface area contributed by atoms with Gasteiger partial charge in [-0.05, 0) is 59.6 Å². The van der Waals surface area contributed by atoms with Crippen LogP contribution in [0.1, 0.15) is 44.9 Å². The molecule has 1 atom stereocenters. The Morgan fingerprint density at radius 1 is 1.26 bits per heavy atom. The Hall–Kier alpha value is -1.44. The van der Waals surface area contributed by atoms with Crippen molar-refractivity contribution in [1.29, 1.82) is 0 Å². The van der Waals surface area contributed by atoms with Gasteiger partial charge >= 0.3 is 12.1 Å². The second kappa shape index (κ2) is 12.1. The fourth-order valence-corrected chi connectivity index (χ4v) is 2.50. The Balaban J connectivity index is 2.82. The lowest BCUT2D eigenvalue weighted by Gasteiger charge is -2.24. The Kier molecular flexibility index (Phi) is 10.6. The number of carbonyl (C=O) groups is 2. The molecule has 0 aromatic heterocycles. The number of rotatable bonds is 7. The maximum atomic E-state index is 12.1. The van der Waals surface area contributed by atoms with Gasteiger partial charge in [0.15, 0.2) is 0 Å². The number of ether oxygens (including phenoxy) is 3. The quantitative estimate of drug-likeness (QED) is 0.340. The maximum absolute atomic E-state index is 12.1. The smallest absolute Gasteiger partial charge is 0.408 e. The summed E-state index contributed by atoms with van der Waals surface area (Å²) in [6.07, 6.45) is -0.558. The summed E-state index contributed by atoms with van der Waals surface area (Å²) >= 11 is 2.11. The van der Waals surface area contributed by atoms with Crippen LogP contribution in [-0.2, 0) is 19.0 Å². The molecule has 0 saturated heterocycles. The van der Waals surface area contributed by atoms with Crippen LogP contribution in [0.4, 0.5) is 4.79 Å². The highest BCUT2D eigenvalue weighted by atomic mass is 127. The van der Waals surface area contributed by atoms with Crippen LogP contribution in [0, 0.1) is 11.2 Å². The second-order valence-electron chi connectivity index (χ2n) is 6.45. The molecule has 1 aromatic rings. The fourth-order valence-electron chi connectivity index (χ4n) is 2.01. The van der Waals surface area contributed by atoms with Gasteiger partial charge in [0.25, 0.3) is 0 Å². The summed E-state index contributed by atoms with van der Waals surface area (Å²) in [6.45, 7) is 7.31. The fraction of sp³-hybridized carbons (Fsp3) is 0.474. The molecule has 0 radical (unpaired) electrons. The monoisotopic (exact) mass is 505 g/mol. The number of benzene rings is 1. The number of hydrogen-bond donors (Lipinski definition) is 1. The van der Waals surface area contributed by atoms with Crippen molar-refractivity contribution < 1.29 is 23.8 Å². The molecule has 1 unspecified atom stereocenters. The van der Waals surface area contributed by atoms with E-state index < -0.39 is 23.7 Å². The van der Waals surface area contributed by atoms with Crippen LogP contribution in [-0.4, -0.2) is 37.5 Å². The number of carbonyl (C=O) groups excluding carboxylic acids is 2. The number of halogens is 1. The average Bonchev–Trinajstić information content (AvgIpc) is 2.58. The van der Waals surface area contributed by atoms with Crippen molar-refractivity contribution in [3.05, 3.63) is 35.4 Å². The van der Waals surface area contributed by atoms with Crippen molar-refractivity contribution in [2.45, 2.75) is 39.3 Å². The zero-order valence-electron chi connectivity index (χ0n) is 15.8. The Labute approximate surface area is 176 Å². The normalized spacial score (nSPS) is 11.7. The SMILES string of the molecule is CCOC(=O)COCC(NC(=O)OC(C)(C)C)c1ccc(C#CSI)cc1. The number of hydrogen-bond acceptors (Lipinski definition) is 6. The molecular weight excluding hydrogens is 481 g/mol. The van der Waals surface area contributed by atoms with E-state index in [1.165, 1.54) is 8.93 Å². The van der Waals surface area contributed by atoms with Gasteiger partial charge in [-0.15, -0.1) is 0 Å². The molecule has 0 aliphatic heterocycles. The molecule has 0 aliphatic rings. The van der Waals surface area contributed by atoms with Gasteiger partial charge in [0, 0.05) is 26.8 Å². The summed E-state index contributed by atoms with van der Waals surface area (Å²) in [5, 5.41) is 5.70. The molecule has 0 heterocycles. The third-order valence-electron chi connectivity index (χ3n) is 3.05. The molecule has 1 amide bonds. The minimum Gasteiger partial charge on any atom is -0.464 e. The van der Waals surface area contributed by atoms with Gasteiger partial charge < -0.3 is 19.5 Å². The summed E-state index contributed by atoms with van der Waals surface area (Å²) in [7, 11) is 1.41. The van der Waals surface area contributed by atoms with Gasteiger partial charge in [0.2, 0.25) is 0 Å². The van der Waals surface area contributed by atoms with E-state index in [0.717, 1.165) is 11.1 Å². The van der Waals surface area contributed by atoms with E-state index in [-0.39, 0.29) is 13.2 Å². The Bertz CT molecular complexity index is 676. The van der Waals surface area contributed by atoms with Crippen molar-refractivity contribution in [2.24, 2.45) is 0 Å². The summed E-state index contributed by atoms with van der Waals surface area (Å²) in [5.74, 6) is 2.56. The lowest BCUT2D eigenvalue weighted by atomic mass is 10.1. The topological polar surface area (TPSA) is 73.9 Å². The van der Waals surface area contributed by atoms with Crippen LogP contribution in [0.5, 0.6) is 0 Å². The third kappa shape index (κ3) is 10.5. The van der Waals surface area contributed by atoms with Crippen LogP contribution >= 0.6 is 30.1 Å². The molecule has 8 heteroatoms. The average molecular weight is 505 g/mol. The molecule has 27 heavy (non-hydrogen) atoms. The van der Waals surface area contributed by atoms with Gasteiger partial charge in [-0.2, -0.15) is 0 Å². The summed E-state index contributed by atoms with van der Waals surface area (Å²) < 4.78 is 15.6. The van der Waals surface area contributed by atoms with E-state index in [9.17, 15) is 9.59 Å². The molecule has 0 bridgehead atoms. The molecule has 6 nitrogen and oxygen atoms in total. The zero-order valence-corrected chi connectivity index (χ0v) is 18.8. The van der Waals surface area contributed by atoms with Crippen LogP contribution in [0.2, 0.25) is 0 Å². The number of esters is 1. The minimum atomic E-state index is -0.614. The standard InChI is InChI=1S/C19H24INO5S/c1-5-25-17(22)13-24-12-16(21-18(23)26-19(2,3)4)15-8-6-14(7-9-15)10-11-27-20/h6-9,16H,5,12-13H2,1-4H3,(H,21,23). The van der Waals surface area contributed by atoms with Gasteiger partial charge in [0.05, 0.1) is 19.3 Å². The highest BCUT2D eigenvalue weighted by molar-refractivity contribution is 14.2. The van der Waals surface area contributed by atoms with Gasteiger partial charge in [-0.3, -0.25) is 0 Å². The number of nitrogens with one attached hydrogen (secondary N) is 1. The maximum Gasteiger partial charge on any atom is 0.408 e.